The van der Waals surface area contributed by atoms with E-state index in [2.05, 4.69) is 35.1 Å². The fourth-order valence-electron chi connectivity index (χ4n) is 4.83. The summed E-state index contributed by atoms with van der Waals surface area (Å²) in [7, 11) is -3.17. The summed E-state index contributed by atoms with van der Waals surface area (Å²) in [6.07, 6.45) is 6.21. The molecule has 2 aliphatic rings. The molecule has 0 bridgehead atoms. The topological polar surface area (TPSA) is 146 Å². The Bertz CT molecular complexity index is 1410. The van der Waals surface area contributed by atoms with Crippen molar-refractivity contribution < 1.29 is 36.3 Å². The number of aromatic amines is 1. The highest BCUT2D eigenvalue weighted by atomic mass is 32.2. The molecule has 9 nitrogen and oxygen atoms in total. The number of hydrogen-bond acceptors (Lipinski definition) is 6. The van der Waals surface area contributed by atoms with Crippen LogP contribution in [-0.4, -0.2) is 72.3 Å². The highest BCUT2D eigenvalue weighted by Crippen LogP contribution is 2.36. The number of alkyl halides is 3. The lowest BCUT2D eigenvalue weighted by Gasteiger charge is -2.31. The number of halogens is 3. The maximum absolute atomic E-state index is 12.3. The van der Waals surface area contributed by atoms with Crippen molar-refractivity contribution in [2.75, 3.05) is 25.4 Å². The number of amides is 1. The van der Waals surface area contributed by atoms with E-state index in [0.29, 0.717) is 24.7 Å². The fourth-order valence-corrected chi connectivity index (χ4v) is 6.19. The highest BCUT2D eigenvalue weighted by Gasteiger charge is 2.38. The van der Waals surface area contributed by atoms with Gasteiger partial charge in [-0.15, -0.1) is 0 Å². The number of fused-ring (bicyclic) bond motifs is 1. The molecule has 1 aromatic carbocycles. The first-order chi connectivity index (χ1) is 19.3. The van der Waals surface area contributed by atoms with E-state index in [-0.39, 0.29) is 11.7 Å². The van der Waals surface area contributed by atoms with E-state index in [0.717, 1.165) is 47.0 Å². The van der Waals surface area contributed by atoms with Gasteiger partial charge in [-0.2, -0.15) is 25.8 Å². The first kappa shape index (κ1) is 32.7. The lowest BCUT2D eigenvalue weighted by molar-refractivity contribution is -0.192. The zero-order chi connectivity index (χ0) is 30.4. The molecule has 2 heterocycles. The minimum atomic E-state index is -5.08. The number of aliphatic carboxylic acids is 1. The number of thiol groups is 1. The zero-order valence-electron chi connectivity index (χ0n) is 22.6. The normalized spacial score (nSPS) is 17.8. The number of rotatable bonds is 9. The van der Waals surface area contributed by atoms with Crippen molar-refractivity contribution in [1.29, 1.82) is 0 Å². The number of piperidine rings is 1. The molecule has 5 N–H and O–H groups in total. The molecule has 226 valence electrons. The van der Waals surface area contributed by atoms with Crippen LogP contribution in [0.5, 0.6) is 0 Å². The molecule has 14 heteroatoms. The van der Waals surface area contributed by atoms with Gasteiger partial charge in [0.1, 0.15) is 0 Å². The van der Waals surface area contributed by atoms with Crippen LogP contribution >= 0.6 is 12.6 Å². The molecule has 1 saturated carbocycles. The number of H-pyrrole nitrogens is 1. The summed E-state index contributed by atoms with van der Waals surface area (Å²) in [4.78, 5) is 24.4. The number of carbonyl (C=O) groups excluding carboxylic acids is 1. The number of nitrogens with two attached hydrogens (primary N) is 1. The van der Waals surface area contributed by atoms with Crippen LogP contribution in [0.2, 0.25) is 0 Å². The number of allylic oxidation sites excluding steroid dienone is 2. The maximum Gasteiger partial charge on any atom is 0.490 e. The van der Waals surface area contributed by atoms with Gasteiger partial charge in [0.2, 0.25) is 10.0 Å². The molecule has 1 aliphatic carbocycles. The monoisotopic (exact) mass is 616 g/mol. The van der Waals surface area contributed by atoms with Crippen LogP contribution in [-0.2, 0) is 14.8 Å². The summed E-state index contributed by atoms with van der Waals surface area (Å²) >= 11 is 4.42. The molecule has 1 amide bonds. The Morgan fingerprint density at radius 1 is 1.22 bits per heavy atom. The minimum Gasteiger partial charge on any atom is -0.475 e. The second-order valence-corrected chi connectivity index (χ2v) is 12.5. The van der Waals surface area contributed by atoms with E-state index in [1.807, 2.05) is 18.3 Å². The van der Waals surface area contributed by atoms with Crippen molar-refractivity contribution in [3.8, 4) is 0 Å². The van der Waals surface area contributed by atoms with Gasteiger partial charge in [0, 0.05) is 37.3 Å². The summed E-state index contributed by atoms with van der Waals surface area (Å²) in [5.41, 5.74) is 9.79. The predicted octanol–water partition coefficient (Wildman–Crippen LogP) is 4.40. The highest BCUT2D eigenvalue weighted by molar-refractivity contribution is 7.89. The largest absolute Gasteiger partial charge is 0.490 e. The van der Waals surface area contributed by atoms with Crippen LogP contribution in [0.1, 0.15) is 66.4 Å². The van der Waals surface area contributed by atoms with Crippen molar-refractivity contribution in [3.05, 3.63) is 52.6 Å². The number of nitrogens with zero attached hydrogens (tertiary/aromatic N) is 1. The second-order valence-electron chi connectivity index (χ2n) is 9.95. The summed E-state index contributed by atoms with van der Waals surface area (Å²) in [6.45, 7) is 3.48. The Balaban J connectivity index is 0.000000587. The van der Waals surface area contributed by atoms with Gasteiger partial charge in [-0.1, -0.05) is 18.6 Å². The van der Waals surface area contributed by atoms with Gasteiger partial charge in [0.05, 0.1) is 16.8 Å². The molecule has 2 fully saturated rings. The number of carbonyl (C=O) groups is 2. The predicted molar refractivity (Wildman–Crippen MR) is 155 cm³/mol. The number of nitrogens with one attached hydrogen (secondary N) is 2. The van der Waals surface area contributed by atoms with Crippen LogP contribution in [0.15, 0.2) is 35.9 Å². The maximum atomic E-state index is 12.3. The summed E-state index contributed by atoms with van der Waals surface area (Å²) in [6, 6.07) is 4.51. The Morgan fingerprint density at radius 3 is 2.34 bits per heavy atom. The van der Waals surface area contributed by atoms with Gasteiger partial charge in [0.25, 0.3) is 5.91 Å². The van der Waals surface area contributed by atoms with Crippen LogP contribution in [0, 0.1) is 0 Å². The number of carboxylic acids is 1. The van der Waals surface area contributed by atoms with Crippen LogP contribution in [0.3, 0.4) is 0 Å². The quantitative estimate of drug-likeness (QED) is 0.209. The molecule has 4 rings (SSSR count). The fraction of sp³-hybridized carbons (Fsp3) is 0.481. The molecule has 2 aromatic rings. The van der Waals surface area contributed by atoms with E-state index in [4.69, 9.17) is 15.6 Å². The molecule has 0 unspecified atom stereocenters. The molecular weight excluding hydrogens is 581 g/mol. The van der Waals surface area contributed by atoms with E-state index in [9.17, 15) is 26.4 Å². The van der Waals surface area contributed by atoms with Gasteiger partial charge in [0.15, 0.2) is 0 Å². The zero-order valence-corrected chi connectivity index (χ0v) is 24.3. The number of carboxylic acid groups (broad SMARTS) is 1. The summed E-state index contributed by atoms with van der Waals surface area (Å²) in [5, 5.41) is 13.3. The molecular formula is C27H35F3N4O5S2. The molecule has 1 aromatic heterocycles. The van der Waals surface area contributed by atoms with Gasteiger partial charge >= 0.3 is 12.1 Å². The van der Waals surface area contributed by atoms with Crippen molar-refractivity contribution in [2.45, 2.75) is 57.2 Å². The number of aromatic nitrogens is 1. The standard InChI is InChI=1S/C25H34N4O3S2.C2HF3O2/c1-2-34(31,32)29-11-8-17(9-12-29)23-15-28-24-21(23)13-19(14-22(24)25(26)30)18(16-33)5-4-10-27-20-6-3-7-20;3-2(4,5)1(6)7/h4-5,13-17,20,27-28,33H,2-3,6-12H2,1H3,(H2,26,30);(H,6,7)/b5-4+,18-16+;. The Hall–Kier alpha value is -2.81. The Labute approximate surface area is 242 Å². The average Bonchev–Trinajstić information content (AvgIpc) is 3.33. The lowest BCUT2D eigenvalue weighted by atomic mass is 9.88. The van der Waals surface area contributed by atoms with Gasteiger partial charge < -0.3 is 21.1 Å². The van der Waals surface area contributed by atoms with E-state index >= 15 is 0 Å². The van der Waals surface area contributed by atoms with Crippen LogP contribution in [0.25, 0.3) is 16.5 Å². The third-order valence-electron chi connectivity index (χ3n) is 7.38. The lowest BCUT2D eigenvalue weighted by Crippen LogP contribution is -2.38. The van der Waals surface area contributed by atoms with E-state index in [1.165, 1.54) is 19.3 Å². The Kier molecular flexibility index (Phi) is 11.1. The van der Waals surface area contributed by atoms with E-state index < -0.39 is 28.1 Å². The number of benzene rings is 1. The van der Waals surface area contributed by atoms with Gasteiger partial charge in [-0.25, -0.2) is 17.5 Å². The van der Waals surface area contributed by atoms with Gasteiger partial charge in [-0.3, -0.25) is 4.79 Å². The molecule has 0 radical (unpaired) electrons. The van der Waals surface area contributed by atoms with Crippen LogP contribution in [0.4, 0.5) is 13.2 Å². The molecule has 1 aliphatic heterocycles. The second kappa shape index (κ2) is 13.9. The molecule has 0 atom stereocenters. The SMILES string of the molecule is CCS(=O)(=O)N1CCC(c2c[nH]c3c(C(N)=O)cc(C(/C=C/CNC4CCC4)=C/S)cc23)CC1.O=C(O)C(F)(F)F. The number of sulfonamides is 1. The Morgan fingerprint density at radius 2 is 1.85 bits per heavy atom. The van der Waals surface area contributed by atoms with Crippen LogP contribution < -0.4 is 11.1 Å². The molecule has 0 spiro atoms. The first-order valence-corrected chi connectivity index (χ1v) is 15.4. The first-order valence-electron chi connectivity index (χ1n) is 13.3. The van der Waals surface area contributed by atoms with Crippen molar-refractivity contribution >= 4 is 51.0 Å². The summed E-state index contributed by atoms with van der Waals surface area (Å²) < 4.78 is 57.8. The third kappa shape index (κ3) is 8.37. The van der Waals surface area contributed by atoms with E-state index in [1.54, 1.807) is 16.6 Å². The third-order valence-corrected chi connectivity index (χ3v) is 9.54. The van der Waals surface area contributed by atoms with Crippen molar-refractivity contribution in [1.82, 2.24) is 14.6 Å². The average molecular weight is 617 g/mol. The number of hydrogen-bond donors (Lipinski definition) is 5. The van der Waals surface area contributed by atoms with Gasteiger partial charge in [-0.05, 0) is 72.8 Å². The number of primary amides is 1. The van der Waals surface area contributed by atoms with Crippen molar-refractivity contribution in [3.63, 3.8) is 0 Å². The molecule has 41 heavy (non-hydrogen) atoms. The summed E-state index contributed by atoms with van der Waals surface area (Å²) in [5.74, 6) is -2.91. The smallest absolute Gasteiger partial charge is 0.475 e. The minimum absolute atomic E-state index is 0.124. The molecule has 1 saturated heterocycles. The van der Waals surface area contributed by atoms with Crippen molar-refractivity contribution in [2.24, 2.45) is 5.73 Å².